The molecule has 176 valence electrons. The summed E-state index contributed by atoms with van der Waals surface area (Å²) >= 11 is 7.59. The zero-order valence-corrected chi connectivity index (χ0v) is 19.4. The smallest absolute Gasteiger partial charge is 0.355 e. The third-order valence-corrected chi connectivity index (χ3v) is 6.29. The minimum absolute atomic E-state index is 0.0731. The van der Waals surface area contributed by atoms with Crippen molar-refractivity contribution in [3.8, 4) is 11.5 Å². The minimum Gasteiger partial charge on any atom is -0.484 e. The number of nitro benzene ring substituents is 1. The van der Waals surface area contributed by atoms with Crippen molar-refractivity contribution >= 4 is 56.8 Å². The van der Waals surface area contributed by atoms with E-state index in [0.29, 0.717) is 27.0 Å². The van der Waals surface area contributed by atoms with Crippen molar-refractivity contribution in [2.24, 2.45) is 5.10 Å². The van der Waals surface area contributed by atoms with Crippen LogP contribution in [0.25, 0.3) is 10.1 Å². The lowest BCUT2D eigenvalue weighted by Gasteiger charge is -2.05. The van der Waals surface area contributed by atoms with Crippen LogP contribution in [0.15, 0.2) is 77.9 Å². The summed E-state index contributed by atoms with van der Waals surface area (Å²) in [6.45, 7) is -0.315. The summed E-state index contributed by atoms with van der Waals surface area (Å²) in [5.41, 5.74) is 2.90. The molecule has 4 aromatic rings. The molecule has 0 unspecified atom stereocenters. The summed E-state index contributed by atoms with van der Waals surface area (Å²) < 4.78 is 11.6. The molecule has 1 N–H and O–H groups in total. The van der Waals surface area contributed by atoms with Gasteiger partial charge < -0.3 is 9.47 Å². The number of non-ortho nitro benzene ring substituents is 1. The molecule has 4 rings (SSSR count). The minimum atomic E-state index is -0.544. The van der Waals surface area contributed by atoms with Crippen molar-refractivity contribution in [1.82, 2.24) is 5.43 Å². The van der Waals surface area contributed by atoms with E-state index in [9.17, 15) is 19.7 Å². The third kappa shape index (κ3) is 5.99. The number of hydrogen-bond acceptors (Lipinski definition) is 8. The molecule has 0 radical (unpaired) electrons. The van der Waals surface area contributed by atoms with Gasteiger partial charge in [0, 0.05) is 22.2 Å². The summed E-state index contributed by atoms with van der Waals surface area (Å²) in [6.07, 6.45) is 1.41. The lowest BCUT2D eigenvalue weighted by atomic mass is 10.2. The van der Waals surface area contributed by atoms with E-state index in [1.807, 2.05) is 24.3 Å². The fourth-order valence-electron chi connectivity index (χ4n) is 2.94. The molecule has 0 spiro atoms. The Morgan fingerprint density at radius 1 is 1.03 bits per heavy atom. The van der Waals surface area contributed by atoms with E-state index in [0.717, 1.165) is 10.1 Å². The summed E-state index contributed by atoms with van der Waals surface area (Å²) in [4.78, 5) is 34.8. The highest BCUT2D eigenvalue weighted by molar-refractivity contribution is 7.21. The summed E-state index contributed by atoms with van der Waals surface area (Å²) in [5.74, 6) is -0.402. The van der Waals surface area contributed by atoms with E-state index in [-0.39, 0.29) is 12.3 Å². The Morgan fingerprint density at radius 3 is 2.40 bits per heavy atom. The molecule has 11 heteroatoms. The Balaban J connectivity index is 1.27. The third-order valence-electron chi connectivity index (χ3n) is 4.63. The van der Waals surface area contributed by atoms with Gasteiger partial charge in [0.05, 0.1) is 16.2 Å². The lowest BCUT2D eigenvalue weighted by molar-refractivity contribution is -0.384. The van der Waals surface area contributed by atoms with Gasteiger partial charge in [-0.05, 0) is 48.0 Å². The van der Waals surface area contributed by atoms with Gasteiger partial charge in [-0.3, -0.25) is 14.9 Å². The van der Waals surface area contributed by atoms with Gasteiger partial charge in [0.15, 0.2) is 6.61 Å². The van der Waals surface area contributed by atoms with Crippen LogP contribution in [-0.2, 0) is 4.79 Å². The number of fused-ring (bicyclic) bond motifs is 1. The number of hydrazone groups is 1. The molecule has 0 saturated carbocycles. The van der Waals surface area contributed by atoms with Gasteiger partial charge in [0.1, 0.15) is 16.4 Å². The lowest BCUT2D eigenvalue weighted by Crippen LogP contribution is -2.24. The molecule has 0 saturated heterocycles. The summed E-state index contributed by atoms with van der Waals surface area (Å²) in [7, 11) is 0. The molecule has 1 amide bonds. The molecule has 0 aliphatic heterocycles. The zero-order chi connectivity index (χ0) is 24.8. The molecule has 0 aliphatic rings. The number of thiophene rings is 1. The SMILES string of the molecule is O=C(COc1ccc([N+](=O)[O-])cc1)N/N=C/c1ccc(OC(=O)c2sc3ccccc3c2Cl)cc1. The number of nitro groups is 1. The van der Waals surface area contributed by atoms with Gasteiger partial charge in [-0.25, -0.2) is 10.2 Å². The Hall–Kier alpha value is -4.28. The molecule has 9 nitrogen and oxygen atoms in total. The Kier molecular flexibility index (Phi) is 7.34. The number of nitrogens with one attached hydrogen (secondary N) is 1. The average molecular weight is 510 g/mol. The van der Waals surface area contributed by atoms with Gasteiger partial charge in [0.2, 0.25) is 0 Å². The Morgan fingerprint density at radius 2 is 1.71 bits per heavy atom. The van der Waals surface area contributed by atoms with E-state index in [4.69, 9.17) is 21.1 Å². The highest BCUT2D eigenvalue weighted by Crippen LogP contribution is 2.35. The van der Waals surface area contributed by atoms with Crippen LogP contribution < -0.4 is 14.9 Å². The number of esters is 1. The monoisotopic (exact) mass is 509 g/mol. The molecule has 35 heavy (non-hydrogen) atoms. The molecular formula is C24H16ClN3O6S. The fraction of sp³-hybridized carbons (Fsp3) is 0.0417. The predicted molar refractivity (Wildman–Crippen MR) is 133 cm³/mol. The van der Waals surface area contributed by atoms with Crippen LogP contribution in [0.3, 0.4) is 0 Å². The second-order valence-corrected chi connectivity index (χ2v) is 8.46. The Labute approximate surface area is 207 Å². The number of nitrogens with zero attached hydrogens (tertiary/aromatic N) is 2. The van der Waals surface area contributed by atoms with Crippen LogP contribution >= 0.6 is 22.9 Å². The Bertz CT molecular complexity index is 1420. The molecule has 0 atom stereocenters. The second-order valence-electron chi connectivity index (χ2n) is 7.03. The van der Waals surface area contributed by atoms with Crippen LogP contribution in [0, 0.1) is 10.1 Å². The first-order chi connectivity index (χ1) is 16.9. The number of carbonyl (C=O) groups excluding carboxylic acids is 2. The number of benzene rings is 3. The van der Waals surface area contributed by atoms with Crippen molar-refractivity contribution in [1.29, 1.82) is 0 Å². The number of ether oxygens (including phenoxy) is 2. The summed E-state index contributed by atoms with van der Waals surface area (Å²) in [6, 6.07) is 19.3. The normalized spacial score (nSPS) is 10.9. The first-order valence-corrected chi connectivity index (χ1v) is 11.3. The van der Waals surface area contributed by atoms with Crippen molar-refractivity contribution in [3.05, 3.63) is 98.4 Å². The predicted octanol–water partition coefficient (Wildman–Crippen LogP) is 5.21. The maximum Gasteiger partial charge on any atom is 0.355 e. The van der Waals surface area contributed by atoms with E-state index < -0.39 is 16.8 Å². The number of rotatable bonds is 8. The molecule has 1 aromatic heterocycles. The van der Waals surface area contributed by atoms with E-state index >= 15 is 0 Å². The van der Waals surface area contributed by atoms with E-state index in [1.54, 1.807) is 24.3 Å². The molecule has 0 fully saturated rings. The standard InChI is InChI=1S/C24H16ClN3O6S/c25-22-19-3-1-2-4-20(19)35-23(22)24(30)34-18-9-5-15(6-10-18)13-26-27-21(29)14-33-17-11-7-16(8-12-17)28(31)32/h1-13H,14H2,(H,27,29)/b26-13+. The highest BCUT2D eigenvalue weighted by Gasteiger charge is 2.18. The van der Waals surface area contributed by atoms with Crippen LogP contribution in [-0.4, -0.2) is 29.6 Å². The molecule has 0 bridgehead atoms. The molecule has 0 aliphatic carbocycles. The van der Waals surface area contributed by atoms with Crippen molar-refractivity contribution in [3.63, 3.8) is 0 Å². The van der Waals surface area contributed by atoms with Gasteiger partial charge >= 0.3 is 5.97 Å². The van der Waals surface area contributed by atoms with E-state index in [1.165, 1.54) is 41.8 Å². The molecular weight excluding hydrogens is 494 g/mol. The quantitative estimate of drug-likeness (QED) is 0.114. The number of amides is 1. The van der Waals surface area contributed by atoms with Crippen molar-refractivity contribution in [2.45, 2.75) is 0 Å². The van der Waals surface area contributed by atoms with Crippen LogP contribution in [0.1, 0.15) is 15.2 Å². The molecule has 1 heterocycles. The maximum absolute atomic E-state index is 12.5. The fourth-order valence-corrected chi connectivity index (χ4v) is 4.33. The van der Waals surface area contributed by atoms with Gasteiger partial charge in [0.25, 0.3) is 11.6 Å². The zero-order valence-electron chi connectivity index (χ0n) is 17.8. The highest BCUT2D eigenvalue weighted by atomic mass is 35.5. The second kappa shape index (κ2) is 10.8. The average Bonchev–Trinajstić information content (AvgIpc) is 3.21. The van der Waals surface area contributed by atoms with Crippen molar-refractivity contribution < 1.29 is 24.0 Å². The van der Waals surface area contributed by atoms with Gasteiger partial charge in [-0.15, -0.1) is 11.3 Å². The van der Waals surface area contributed by atoms with E-state index in [2.05, 4.69) is 10.5 Å². The van der Waals surface area contributed by atoms with Gasteiger partial charge in [-0.2, -0.15) is 5.10 Å². The van der Waals surface area contributed by atoms with Crippen LogP contribution in [0.5, 0.6) is 11.5 Å². The topological polar surface area (TPSA) is 120 Å². The first kappa shape index (κ1) is 23.9. The molecule has 3 aromatic carbocycles. The maximum atomic E-state index is 12.5. The number of halogens is 1. The van der Waals surface area contributed by atoms with Crippen LogP contribution in [0.2, 0.25) is 5.02 Å². The number of hydrogen-bond donors (Lipinski definition) is 1. The van der Waals surface area contributed by atoms with Crippen molar-refractivity contribution in [2.75, 3.05) is 6.61 Å². The largest absolute Gasteiger partial charge is 0.484 e. The number of carbonyl (C=O) groups is 2. The summed E-state index contributed by atoms with van der Waals surface area (Å²) in [5, 5.41) is 15.7. The van der Waals surface area contributed by atoms with Gasteiger partial charge in [-0.1, -0.05) is 29.8 Å². The first-order valence-electron chi connectivity index (χ1n) is 10.1. The van der Waals surface area contributed by atoms with Crippen LogP contribution in [0.4, 0.5) is 5.69 Å².